The molecule has 4 nitrogen and oxygen atoms in total. The SMILES string of the molecule is C[C@]1(C(=O)NC[C@@H](c2ccc(F)cc2)N2CCOCC2)CC1(Cl)Cl. The van der Waals surface area contributed by atoms with Gasteiger partial charge in [-0.15, -0.1) is 23.2 Å². The summed E-state index contributed by atoms with van der Waals surface area (Å²) in [5, 5.41) is 2.97. The molecule has 7 heteroatoms. The van der Waals surface area contributed by atoms with E-state index in [0.717, 1.165) is 18.7 Å². The number of carbonyl (C=O) groups excluding carboxylic acids is 1. The highest BCUT2D eigenvalue weighted by molar-refractivity contribution is 6.53. The van der Waals surface area contributed by atoms with Gasteiger partial charge in [0.25, 0.3) is 0 Å². The number of carbonyl (C=O) groups is 1. The van der Waals surface area contributed by atoms with E-state index in [1.165, 1.54) is 12.1 Å². The van der Waals surface area contributed by atoms with Crippen LogP contribution in [0.4, 0.5) is 4.39 Å². The Bertz CT molecular complexity index is 605. The zero-order chi connectivity index (χ0) is 17.4. The quantitative estimate of drug-likeness (QED) is 0.805. The van der Waals surface area contributed by atoms with Crippen LogP contribution in [0.2, 0.25) is 0 Å². The van der Waals surface area contributed by atoms with Gasteiger partial charge in [0.1, 0.15) is 10.2 Å². The first-order valence-electron chi connectivity index (χ1n) is 8.07. The average Bonchev–Trinajstić information content (AvgIpc) is 3.09. The van der Waals surface area contributed by atoms with E-state index in [-0.39, 0.29) is 17.8 Å². The molecule has 1 N–H and O–H groups in total. The predicted molar refractivity (Wildman–Crippen MR) is 91.7 cm³/mol. The van der Waals surface area contributed by atoms with E-state index < -0.39 is 9.75 Å². The predicted octanol–water partition coefficient (Wildman–Crippen LogP) is 2.90. The van der Waals surface area contributed by atoms with E-state index in [4.69, 9.17) is 27.9 Å². The molecule has 1 heterocycles. The molecule has 24 heavy (non-hydrogen) atoms. The van der Waals surface area contributed by atoms with Gasteiger partial charge in [-0.3, -0.25) is 9.69 Å². The van der Waals surface area contributed by atoms with Crippen LogP contribution < -0.4 is 5.32 Å². The summed E-state index contributed by atoms with van der Waals surface area (Å²) < 4.78 is 17.6. The Morgan fingerprint density at radius 1 is 1.33 bits per heavy atom. The third-order valence-electron chi connectivity index (χ3n) is 4.96. The smallest absolute Gasteiger partial charge is 0.229 e. The van der Waals surface area contributed by atoms with Gasteiger partial charge in [-0.05, 0) is 31.0 Å². The number of amides is 1. The highest BCUT2D eigenvalue weighted by atomic mass is 35.5. The summed E-state index contributed by atoms with van der Waals surface area (Å²) in [6.07, 6.45) is 0.452. The Morgan fingerprint density at radius 3 is 2.46 bits per heavy atom. The van der Waals surface area contributed by atoms with Gasteiger partial charge in [0, 0.05) is 19.6 Å². The first-order valence-corrected chi connectivity index (χ1v) is 8.82. The maximum absolute atomic E-state index is 13.2. The lowest BCUT2D eigenvalue weighted by atomic mass is 10.0. The van der Waals surface area contributed by atoms with Crippen molar-refractivity contribution in [3.8, 4) is 0 Å². The molecule has 1 saturated heterocycles. The van der Waals surface area contributed by atoms with E-state index in [1.807, 2.05) is 0 Å². The first kappa shape index (κ1) is 17.9. The van der Waals surface area contributed by atoms with Crippen LogP contribution in [0.25, 0.3) is 0 Å². The standard InChI is InChI=1S/C17H21Cl2FN2O2/c1-16(11-17(16,18)19)15(23)21-10-14(22-6-8-24-9-7-22)12-2-4-13(20)5-3-12/h2-5,14H,6-11H2,1H3,(H,21,23)/t14-,16+/m0/s1. The van der Waals surface area contributed by atoms with E-state index >= 15 is 0 Å². The number of hydrogen-bond donors (Lipinski definition) is 1. The minimum atomic E-state index is -0.985. The van der Waals surface area contributed by atoms with Gasteiger partial charge in [-0.25, -0.2) is 4.39 Å². The monoisotopic (exact) mass is 374 g/mol. The van der Waals surface area contributed by atoms with Crippen LogP contribution in [-0.2, 0) is 9.53 Å². The topological polar surface area (TPSA) is 41.6 Å². The zero-order valence-electron chi connectivity index (χ0n) is 13.5. The minimum Gasteiger partial charge on any atom is -0.379 e. The Kier molecular flexibility index (Phi) is 5.07. The van der Waals surface area contributed by atoms with Gasteiger partial charge in [0.2, 0.25) is 5.91 Å². The second-order valence-electron chi connectivity index (χ2n) is 6.64. The number of nitrogens with zero attached hydrogens (tertiary/aromatic N) is 1. The minimum absolute atomic E-state index is 0.0409. The van der Waals surface area contributed by atoms with Crippen LogP contribution in [0.15, 0.2) is 24.3 Å². The van der Waals surface area contributed by atoms with Crippen molar-refractivity contribution in [2.75, 3.05) is 32.8 Å². The Morgan fingerprint density at radius 2 is 1.92 bits per heavy atom. The number of alkyl halides is 2. The van der Waals surface area contributed by atoms with Crippen molar-refractivity contribution in [2.24, 2.45) is 5.41 Å². The third-order valence-corrected chi connectivity index (χ3v) is 6.06. The number of nitrogens with one attached hydrogen (secondary N) is 1. The van der Waals surface area contributed by atoms with Crippen molar-refractivity contribution in [3.05, 3.63) is 35.6 Å². The van der Waals surface area contributed by atoms with Crippen molar-refractivity contribution in [1.82, 2.24) is 10.2 Å². The molecule has 1 aliphatic carbocycles. The van der Waals surface area contributed by atoms with Crippen LogP contribution in [0, 0.1) is 11.2 Å². The molecular weight excluding hydrogens is 354 g/mol. The van der Waals surface area contributed by atoms with Gasteiger partial charge in [-0.1, -0.05) is 12.1 Å². The number of halogens is 3. The van der Waals surface area contributed by atoms with E-state index in [0.29, 0.717) is 26.2 Å². The van der Waals surface area contributed by atoms with Crippen LogP contribution in [-0.4, -0.2) is 48.0 Å². The molecule has 1 amide bonds. The molecule has 132 valence electrons. The Balaban J connectivity index is 1.70. The molecule has 1 aliphatic heterocycles. The summed E-state index contributed by atoms with van der Waals surface area (Å²) in [6.45, 7) is 5.02. The molecule has 0 radical (unpaired) electrons. The lowest BCUT2D eigenvalue weighted by Crippen LogP contribution is -2.45. The summed E-state index contributed by atoms with van der Waals surface area (Å²) in [7, 11) is 0. The molecular formula is C17H21Cl2FN2O2. The molecule has 2 fully saturated rings. The van der Waals surface area contributed by atoms with E-state index in [2.05, 4.69) is 10.2 Å². The molecule has 1 aromatic rings. The average molecular weight is 375 g/mol. The van der Waals surface area contributed by atoms with Crippen LogP contribution in [0.5, 0.6) is 0 Å². The lowest BCUT2D eigenvalue weighted by molar-refractivity contribution is -0.126. The van der Waals surface area contributed by atoms with Gasteiger partial charge in [0.05, 0.1) is 24.7 Å². The van der Waals surface area contributed by atoms with E-state index in [1.54, 1.807) is 19.1 Å². The maximum Gasteiger partial charge on any atom is 0.229 e. The second kappa shape index (κ2) is 6.79. The number of rotatable bonds is 5. The largest absolute Gasteiger partial charge is 0.379 e. The van der Waals surface area contributed by atoms with Gasteiger partial charge < -0.3 is 10.1 Å². The molecule has 1 aromatic carbocycles. The molecule has 2 aliphatic rings. The molecule has 1 saturated carbocycles. The highest BCUT2D eigenvalue weighted by Crippen LogP contribution is 2.63. The van der Waals surface area contributed by atoms with Gasteiger partial charge in [0.15, 0.2) is 0 Å². The molecule has 3 rings (SSSR count). The van der Waals surface area contributed by atoms with Crippen LogP contribution in [0.1, 0.15) is 24.9 Å². The molecule has 0 unspecified atom stereocenters. The Labute approximate surface area is 151 Å². The Hall–Kier alpha value is -0.880. The fraction of sp³-hybridized carbons (Fsp3) is 0.588. The van der Waals surface area contributed by atoms with Crippen LogP contribution >= 0.6 is 23.2 Å². The normalized spacial score (nSPS) is 27.5. The summed E-state index contributed by atoms with van der Waals surface area (Å²) in [4.78, 5) is 14.7. The molecule has 0 bridgehead atoms. The lowest BCUT2D eigenvalue weighted by Gasteiger charge is -2.35. The number of morpholine rings is 1. The van der Waals surface area contributed by atoms with Crippen molar-refractivity contribution >= 4 is 29.1 Å². The van der Waals surface area contributed by atoms with Crippen molar-refractivity contribution in [2.45, 2.75) is 23.7 Å². The summed E-state index contributed by atoms with van der Waals surface area (Å²) >= 11 is 12.2. The number of hydrogen-bond acceptors (Lipinski definition) is 3. The second-order valence-corrected chi connectivity index (χ2v) is 8.12. The van der Waals surface area contributed by atoms with Crippen molar-refractivity contribution in [1.29, 1.82) is 0 Å². The van der Waals surface area contributed by atoms with Crippen molar-refractivity contribution < 1.29 is 13.9 Å². The number of benzene rings is 1. The summed E-state index contributed by atoms with van der Waals surface area (Å²) in [6, 6.07) is 6.35. The molecule has 0 aromatic heterocycles. The number of ether oxygens (including phenoxy) is 1. The van der Waals surface area contributed by atoms with Crippen LogP contribution in [0.3, 0.4) is 0 Å². The van der Waals surface area contributed by atoms with Gasteiger partial charge >= 0.3 is 0 Å². The van der Waals surface area contributed by atoms with Gasteiger partial charge in [-0.2, -0.15) is 0 Å². The summed E-state index contributed by atoms with van der Waals surface area (Å²) in [5.74, 6) is -0.420. The fourth-order valence-corrected chi connectivity index (χ4v) is 3.77. The molecule has 2 atom stereocenters. The highest BCUT2D eigenvalue weighted by Gasteiger charge is 2.67. The zero-order valence-corrected chi connectivity index (χ0v) is 15.0. The molecule has 0 spiro atoms. The maximum atomic E-state index is 13.2. The van der Waals surface area contributed by atoms with E-state index in [9.17, 15) is 9.18 Å². The third kappa shape index (κ3) is 3.54. The summed E-state index contributed by atoms with van der Waals surface area (Å²) in [5.41, 5.74) is 0.219. The fourth-order valence-electron chi connectivity index (χ4n) is 3.06. The first-order chi connectivity index (χ1) is 11.3. The van der Waals surface area contributed by atoms with Crippen molar-refractivity contribution in [3.63, 3.8) is 0 Å².